The zero-order valence-corrected chi connectivity index (χ0v) is 9.85. The van der Waals surface area contributed by atoms with Gasteiger partial charge in [0.25, 0.3) is 0 Å². The number of imidazole rings is 1. The zero-order valence-electron chi connectivity index (χ0n) is 9.85. The van der Waals surface area contributed by atoms with E-state index < -0.39 is 11.9 Å². The molecule has 0 fully saturated rings. The number of nitrogens with zero attached hydrogens (tertiary/aromatic N) is 3. The summed E-state index contributed by atoms with van der Waals surface area (Å²) in [6, 6.07) is 3.49. The van der Waals surface area contributed by atoms with Crippen molar-refractivity contribution in [1.29, 1.82) is 0 Å². The largest absolute Gasteiger partial charge is 0.434 e. The standard InChI is InChI=1S/C12H11F3N4/c13-12(14,15)10-7-19-9(3-6-17-11(19)18-10)8-1-4-16-5-2-8/h1-2,4-5,7,9H,3,6H2,(H,17,18). The number of hydrogen-bond acceptors (Lipinski definition) is 3. The van der Waals surface area contributed by atoms with Crippen LogP contribution in [0.3, 0.4) is 0 Å². The summed E-state index contributed by atoms with van der Waals surface area (Å²) < 4.78 is 39.6. The van der Waals surface area contributed by atoms with Gasteiger partial charge in [-0.15, -0.1) is 0 Å². The van der Waals surface area contributed by atoms with Gasteiger partial charge in [-0.1, -0.05) is 0 Å². The van der Waals surface area contributed by atoms with Gasteiger partial charge < -0.3 is 9.88 Å². The molecule has 0 saturated heterocycles. The lowest BCUT2D eigenvalue weighted by atomic mass is 10.0. The lowest BCUT2D eigenvalue weighted by Crippen LogP contribution is -2.23. The highest BCUT2D eigenvalue weighted by atomic mass is 19.4. The molecule has 100 valence electrons. The molecule has 1 unspecified atom stereocenters. The Bertz CT molecular complexity index is 576. The molecular formula is C12H11F3N4. The minimum Gasteiger partial charge on any atom is -0.356 e. The van der Waals surface area contributed by atoms with Crippen molar-refractivity contribution in [1.82, 2.24) is 14.5 Å². The third-order valence-electron chi connectivity index (χ3n) is 3.15. The Morgan fingerprint density at radius 1 is 1.26 bits per heavy atom. The summed E-state index contributed by atoms with van der Waals surface area (Å²) in [4.78, 5) is 7.53. The van der Waals surface area contributed by atoms with Gasteiger partial charge in [-0.3, -0.25) is 4.98 Å². The molecule has 0 aliphatic carbocycles. The number of rotatable bonds is 1. The summed E-state index contributed by atoms with van der Waals surface area (Å²) in [6.45, 7) is 0.599. The van der Waals surface area contributed by atoms with E-state index in [1.165, 1.54) is 0 Å². The van der Waals surface area contributed by atoms with Gasteiger partial charge in [0.15, 0.2) is 5.69 Å². The van der Waals surface area contributed by atoms with E-state index in [1.807, 2.05) is 12.1 Å². The molecule has 1 aliphatic heterocycles. The average Bonchev–Trinajstić information content (AvgIpc) is 2.83. The van der Waals surface area contributed by atoms with Crippen molar-refractivity contribution in [3.8, 4) is 0 Å². The van der Waals surface area contributed by atoms with E-state index in [-0.39, 0.29) is 12.0 Å². The molecule has 0 saturated carbocycles. The van der Waals surface area contributed by atoms with Crippen LogP contribution >= 0.6 is 0 Å². The van der Waals surface area contributed by atoms with Gasteiger partial charge in [0, 0.05) is 25.1 Å². The fourth-order valence-corrected chi connectivity index (χ4v) is 2.27. The maximum Gasteiger partial charge on any atom is 0.434 e. The van der Waals surface area contributed by atoms with E-state index in [0.717, 1.165) is 11.8 Å². The Morgan fingerprint density at radius 2 is 2.00 bits per heavy atom. The van der Waals surface area contributed by atoms with Crippen LogP contribution in [0.1, 0.15) is 23.7 Å². The molecule has 3 heterocycles. The first-order chi connectivity index (χ1) is 9.05. The Labute approximate surface area is 107 Å². The van der Waals surface area contributed by atoms with Gasteiger partial charge in [-0.25, -0.2) is 4.98 Å². The fourth-order valence-electron chi connectivity index (χ4n) is 2.27. The predicted octanol–water partition coefficient (Wildman–Crippen LogP) is 2.70. The van der Waals surface area contributed by atoms with E-state index in [2.05, 4.69) is 15.3 Å². The Hall–Kier alpha value is -2.05. The van der Waals surface area contributed by atoms with E-state index in [0.29, 0.717) is 13.0 Å². The van der Waals surface area contributed by atoms with Gasteiger partial charge in [0.1, 0.15) is 0 Å². The number of anilines is 1. The molecule has 3 rings (SSSR count). The quantitative estimate of drug-likeness (QED) is 0.864. The Balaban J connectivity index is 2.03. The topological polar surface area (TPSA) is 42.7 Å². The van der Waals surface area contributed by atoms with Gasteiger partial charge in [0.05, 0.1) is 6.04 Å². The maximum absolute atomic E-state index is 12.7. The summed E-state index contributed by atoms with van der Waals surface area (Å²) in [7, 11) is 0. The number of fused-ring (bicyclic) bond motifs is 1. The first-order valence-electron chi connectivity index (χ1n) is 5.85. The van der Waals surface area contributed by atoms with Crippen LogP contribution in [0.5, 0.6) is 0 Å². The smallest absolute Gasteiger partial charge is 0.356 e. The van der Waals surface area contributed by atoms with E-state index >= 15 is 0 Å². The van der Waals surface area contributed by atoms with E-state index in [4.69, 9.17) is 0 Å². The summed E-state index contributed by atoms with van der Waals surface area (Å²) in [5.41, 5.74) is 0.0693. The van der Waals surface area contributed by atoms with Crippen molar-refractivity contribution in [3.63, 3.8) is 0 Å². The molecule has 0 amide bonds. The first kappa shape index (κ1) is 12.0. The second-order valence-corrected chi connectivity index (χ2v) is 4.37. The molecular weight excluding hydrogens is 257 g/mol. The molecule has 0 bridgehead atoms. The molecule has 1 atom stereocenters. The van der Waals surface area contributed by atoms with Crippen molar-refractivity contribution in [3.05, 3.63) is 42.0 Å². The van der Waals surface area contributed by atoms with Crippen molar-refractivity contribution in [2.75, 3.05) is 11.9 Å². The Morgan fingerprint density at radius 3 is 2.68 bits per heavy atom. The van der Waals surface area contributed by atoms with Crippen molar-refractivity contribution < 1.29 is 13.2 Å². The number of aromatic nitrogens is 3. The summed E-state index contributed by atoms with van der Waals surface area (Å²) in [5, 5.41) is 2.89. The van der Waals surface area contributed by atoms with Crippen molar-refractivity contribution in [2.24, 2.45) is 0 Å². The number of alkyl halides is 3. The van der Waals surface area contributed by atoms with E-state index in [9.17, 15) is 13.2 Å². The maximum atomic E-state index is 12.7. The van der Waals surface area contributed by atoms with Crippen LogP contribution < -0.4 is 5.32 Å². The molecule has 0 aromatic carbocycles. The molecule has 7 heteroatoms. The van der Waals surface area contributed by atoms with Crippen LogP contribution in [-0.2, 0) is 6.18 Å². The highest BCUT2D eigenvalue weighted by Gasteiger charge is 2.36. The van der Waals surface area contributed by atoms with Crippen LogP contribution in [0.4, 0.5) is 19.1 Å². The van der Waals surface area contributed by atoms with Gasteiger partial charge >= 0.3 is 6.18 Å². The zero-order chi connectivity index (χ0) is 13.5. The number of halogens is 3. The van der Waals surface area contributed by atoms with Gasteiger partial charge in [0.2, 0.25) is 5.95 Å². The molecule has 4 nitrogen and oxygen atoms in total. The second kappa shape index (κ2) is 4.25. The summed E-state index contributed by atoms with van der Waals surface area (Å²) in [6.07, 6.45) is 0.628. The molecule has 2 aromatic heterocycles. The number of pyridine rings is 1. The van der Waals surface area contributed by atoms with Gasteiger partial charge in [-0.05, 0) is 24.1 Å². The summed E-state index contributed by atoms with van der Waals surface area (Å²) >= 11 is 0. The minimum atomic E-state index is -4.42. The van der Waals surface area contributed by atoms with Crippen LogP contribution in [0, 0.1) is 0 Å². The summed E-state index contributed by atoms with van der Waals surface area (Å²) in [5.74, 6) is 0.264. The Kier molecular flexibility index (Phi) is 2.69. The van der Waals surface area contributed by atoms with E-state index in [1.54, 1.807) is 17.0 Å². The van der Waals surface area contributed by atoms with Crippen molar-refractivity contribution in [2.45, 2.75) is 18.6 Å². The first-order valence-corrected chi connectivity index (χ1v) is 5.85. The lowest BCUT2D eigenvalue weighted by molar-refractivity contribution is -0.140. The SMILES string of the molecule is FC(F)(F)c1cn2c(n1)NCCC2c1ccncc1. The monoisotopic (exact) mass is 268 g/mol. The average molecular weight is 268 g/mol. The molecule has 19 heavy (non-hydrogen) atoms. The number of nitrogens with one attached hydrogen (secondary N) is 1. The molecule has 1 aliphatic rings. The second-order valence-electron chi connectivity index (χ2n) is 4.37. The lowest BCUT2D eigenvalue weighted by Gasteiger charge is -2.26. The molecule has 1 N–H and O–H groups in total. The van der Waals surface area contributed by atoms with Crippen molar-refractivity contribution >= 4 is 5.95 Å². The third-order valence-corrected chi connectivity index (χ3v) is 3.15. The van der Waals surface area contributed by atoms with Crippen LogP contribution in [0.2, 0.25) is 0 Å². The van der Waals surface area contributed by atoms with Crippen LogP contribution in [0.25, 0.3) is 0 Å². The van der Waals surface area contributed by atoms with Crippen LogP contribution in [0.15, 0.2) is 30.7 Å². The van der Waals surface area contributed by atoms with Crippen LogP contribution in [-0.4, -0.2) is 21.1 Å². The molecule has 2 aromatic rings. The number of hydrogen-bond donors (Lipinski definition) is 1. The predicted molar refractivity (Wildman–Crippen MR) is 62.7 cm³/mol. The molecule has 0 radical (unpaired) electrons. The normalized spacial score (nSPS) is 18.8. The third kappa shape index (κ3) is 2.16. The highest BCUT2D eigenvalue weighted by molar-refractivity contribution is 5.36. The molecule has 0 spiro atoms. The minimum absolute atomic E-state index is 0.136. The fraction of sp³-hybridized carbons (Fsp3) is 0.333. The highest BCUT2D eigenvalue weighted by Crippen LogP contribution is 2.34. The van der Waals surface area contributed by atoms with Gasteiger partial charge in [-0.2, -0.15) is 13.2 Å².